The van der Waals surface area contributed by atoms with Crippen LogP contribution in [0.25, 0.3) is 0 Å². The summed E-state index contributed by atoms with van der Waals surface area (Å²) in [5.41, 5.74) is 5.29. The first kappa shape index (κ1) is 14.8. The molecule has 0 spiro atoms. The molecule has 0 heterocycles. The fraction of sp³-hybridized carbons (Fsp3) is 0.200. The highest BCUT2D eigenvalue weighted by atomic mass is 35.5. The van der Waals surface area contributed by atoms with E-state index in [0.29, 0.717) is 15.7 Å². The molecule has 1 rings (SSSR count). The third-order valence-corrected chi connectivity index (χ3v) is 2.48. The summed E-state index contributed by atoms with van der Waals surface area (Å²) in [7, 11) is 0. The molecule has 5 nitrogen and oxygen atoms in total. The molecule has 0 aliphatic carbocycles. The maximum absolute atomic E-state index is 11.0. The molecule has 0 bridgehead atoms. The van der Waals surface area contributed by atoms with Crippen LogP contribution in [-0.4, -0.2) is 17.8 Å². The van der Waals surface area contributed by atoms with Crippen molar-refractivity contribution in [1.82, 2.24) is 10.9 Å². The Hall–Kier alpha value is -1.24. The van der Waals surface area contributed by atoms with Crippen molar-refractivity contribution < 1.29 is 9.53 Å². The van der Waals surface area contributed by atoms with Crippen LogP contribution < -0.4 is 16.2 Å². The van der Waals surface area contributed by atoms with Crippen molar-refractivity contribution in [2.45, 2.75) is 6.92 Å². The molecule has 0 aromatic heterocycles. The van der Waals surface area contributed by atoms with E-state index in [9.17, 15) is 4.79 Å². The standard InChI is InChI=1S/C10H11Cl2N3O2S/c1-2-17-10(16)15-14-9(18)13-8-4-3-6(11)5-7(8)12/h3-5H,2H2,1H3,(H,15,16)(H2,13,14,18). The molecule has 0 aliphatic rings. The molecule has 0 unspecified atom stereocenters. The van der Waals surface area contributed by atoms with Gasteiger partial charge in [-0.2, -0.15) is 0 Å². The van der Waals surface area contributed by atoms with Gasteiger partial charge in [0.1, 0.15) is 0 Å². The highest BCUT2D eigenvalue weighted by Gasteiger charge is 2.04. The molecule has 98 valence electrons. The van der Waals surface area contributed by atoms with Crippen LogP contribution >= 0.6 is 35.4 Å². The lowest BCUT2D eigenvalue weighted by Gasteiger charge is -2.12. The average molecular weight is 308 g/mol. The number of hydrogen-bond donors (Lipinski definition) is 3. The molecule has 0 saturated heterocycles. The zero-order valence-corrected chi connectivity index (χ0v) is 11.7. The van der Waals surface area contributed by atoms with E-state index in [1.807, 2.05) is 0 Å². The fourth-order valence-corrected chi connectivity index (χ4v) is 1.64. The highest BCUT2D eigenvalue weighted by molar-refractivity contribution is 7.80. The minimum Gasteiger partial charge on any atom is -0.449 e. The van der Waals surface area contributed by atoms with Crippen molar-refractivity contribution in [3.05, 3.63) is 28.2 Å². The van der Waals surface area contributed by atoms with E-state index in [1.54, 1.807) is 25.1 Å². The van der Waals surface area contributed by atoms with Crippen LogP contribution in [0.3, 0.4) is 0 Å². The molecule has 0 atom stereocenters. The number of benzene rings is 1. The third-order valence-electron chi connectivity index (χ3n) is 1.73. The van der Waals surface area contributed by atoms with Gasteiger partial charge < -0.3 is 10.1 Å². The summed E-state index contributed by atoms with van der Waals surface area (Å²) in [5.74, 6) is 0. The van der Waals surface area contributed by atoms with Crippen LogP contribution in [0, 0.1) is 0 Å². The lowest BCUT2D eigenvalue weighted by molar-refractivity contribution is 0.150. The molecule has 8 heteroatoms. The van der Waals surface area contributed by atoms with Crippen LogP contribution in [-0.2, 0) is 4.74 Å². The van der Waals surface area contributed by atoms with Gasteiger partial charge in [0.15, 0.2) is 5.11 Å². The topological polar surface area (TPSA) is 62.4 Å². The fourth-order valence-electron chi connectivity index (χ4n) is 1.02. The normalized spacial score (nSPS) is 9.50. The van der Waals surface area contributed by atoms with Crippen molar-refractivity contribution in [3.63, 3.8) is 0 Å². The number of halogens is 2. The molecule has 0 aliphatic heterocycles. The second kappa shape index (κ2) is 7.25. The van der Waals surface area contributed by atoms with Gasteiger partial charge >= 0.3 is 6.09 Å². The molecule has 0 fully saturated rings. The van der Waals surface area contributed by atoms with Crippen molar-refractivity contribution >= 4 is 52.3 Å². The first-order valence-corrected chi connectivity index (χ1v) is 6.14. The molecular formula is C10H11Cl2N3O2S. The SMILES string of the molecule is CCOC(=O)NNC(=S)Nc1ccc(Cl)cc1Cl. The summed E-state index contributed by atoms with van der Waals surface area (Å²) < 4.78 is 4.64. The largest absolute Gasteiger partial charge is 0.449 e. The molecule has 3 N–H and O–H groups in total. The van der Waals surface area contributed by atoms with E-state index in [1.165, 1.54) is 0 Å². The van der Waals surface area contributed by atoms with Gasteiger partial charge in [0.25, 0.3) is 0 Å². The Balaban J connectivity index is 2.47. The van der Waals surface area contributed by atoms with Gasteiger partial charge in [-0.25, -0.2) is 10.2 Å². The van der Waals surface area contributed by atoms with Crippen LogP contribution in [0.2, 0.25) is 10.0 Å². The quantitative estimate of drug-likeness (QED) is 0.579. The minimum atomic E-state index is -0.621. The Morgan fingerprint density at radius 1 is 1.39 bits per heavy atom. The van der Waals surface area contributed by atoms with E-state index in [4.69, 9.17) is 35.4 Å². The van der Waals surface area contributed by atoms with Gasteiger partial charge in [0.05, 0.1) is 17.3 Å². The van der Waals surface area contributed by atoms with Gasteiger partial charge in [-0.3, -0.25) is 5.43 Å². The second-order valence-electron chi connectivity index (χ2n) is 3.05. The zero-order valence-electron chi connectivity index (χ0n) is 9.42. The van der Waals surface area contributed by atoms with Gasteiger partial charge in [0, 0.05) is 5.02 Å². The lowest BCUT2D eigenvalue weighted by atomic mass is 10.3. The molecular weight excluding hydrogens is 297 g/mol. The summed E-state index contributed by atoms with van der Waals surface area (Å²) in [6.45, 7) is 1.97. The zero-order chi connectivity index (χ0) is 13.5. The number of rotatable bonds is 2. The number of thiocarbonyl (C=S) groups is 1. The Morgan fingerprint density at radius 3 is 2.72 bits per heavy atom. The van der Waals surface area contributed by atoms with E-state index < -0.39 is 6.09 Å². The number of hydrogen-bond acceptors (Lipinski definition) is 3. The summed E-state index contributed by atoms with van der Waals surface area (Å²) in [6, 6.07) is 4.91. The van der Waals surface area contributed by atoms with Gasteiger partial charge in [-0.1, -0.05) is 23.2 Å². The maximum atomic E-state index is 11.0. The summed E-state index contributed by atoms with van der Waals surface area (Å²) in [6.07, 6.45) is -0.621. The molecule has 18 heavy (non-hydrogen) atoms. The van der Waals surface area contributed by atoms with E-state index in [-0.39, 0.29) is 11.7 Å². The average Bonchev–Trinajstić information content (AvgIpc) is 2.31. The second-order valence-corrected chi connectivity index (χ2v) is 4.30. The summed E-state index contributed by atoms with van der Waals surface area (Å²) in [5, 5.41) is 3.91. The number of carbonyl (C=O) groups excluding carboxylic acids is 1. The first-order valence-electron chi connectivity index (χ1n) is 4.97. The van der Waals surface area contributed by atoms with Crippen molar-refractivity contribution in [1.29, 1.82) is 0 Å². The van der Waals surface area contributed by atoms with Crippen molar-refractivity contribution in [2.75, 3.05) is 11.9 Å². The molecule has 1 aromatic carbocycles. The third kappa shape index (κ3) is 4.95. The van der Waals surface area contributed by atoms with Crippen LogP contribution in [0.1, 0.15) is 6.92 Å². The highest BCUT2D eigenvalue weighted by Crippen LogP contribution is 2.25. The molecule has 1 amide bonds. The molecule has 1 aromatic rings. The smallest absolute Gasteiger partial charge is 0.425 e. The number of carbonyl (C=O) groups is 1. The Morgan fingerprint density at radius 2 is 2.11 bits per heavy atom. The summed E-state index contributed by atoms with van der Waals surface area (Å²) >= 11 is 16.6. The van der Waals surface area contributed by atoms with Gasteiger partial charge in [0.2, 0.25) is 0 Å². The first-order chi connectivity index (χ1) is 8.52. The van der Waals surface area contributed by atoms with Crippen molar-refractivity contribution in [3.8, 4) is 0 Å². The number of anilines is 1. The molecule has 0 radical (unpaired) electrons. The molecule has 0 saturated carbocycles. The number of ether oxygens (including phenoxy) is 1. The Kier molecular flexibility index (Phi) is 5.97. The van der Waals surface area contributed by atoms with E-state index in [0.717, 1.165) is 0 Å². The minimum absolute atomic E-state index is 0.173. The van der Waals surface area contributed by atoms with Gasteiger partial charge in [-0.05, 0) is 37.3 Å². The number of hydrazine groups is 1. The van der Waals surface area contributed by atoms with Crippen LogP contribution in [0.4, 0.5) is 10.5 Å². The van der Waals surface area contributed by atoms with Crippen LogP contribution in [0.5, 0.6) is 0 Å². The van der Waals surface area contributed by atoms with E-state index in [2.05, 4.69) is 20.9 Å². The monoisotopic (exact) mass is 307 g/mol. The maximum Gasteiger partial charge on any atom is 0.425 e. The number of amides is 1. The van der Waals surface area contributed by atoms with Crippen LogP contribution in [0.15, 0.2) is 18.2 Å². The predicted octanol–water partition coefficient (Wildman–Crippen LogP) is 2.94. The predicted molar refractivity (Wildman–Crippen MR) is 76.0 cm³/mol. The lowest BCUT2D eigenvalue weighted by Crippen LogP contribution is -2.44. The Labute approximate surface area is 120 Å². The van der Waals surface area contributed by atoms with Gasteiger partial charge in [-0.15, -0.1) is 0 Å². The summed E-state index contributed by atoms with van der Waals surface area (Å²) in [4.78, 5) is 11.0. The van der Waals surface area contributed by atoms with Crippen molar-refractivity contribution in [2.24, 2.45) is 0 Å². The number of nitrogens with one attached hydrogen (secondary N) is 3. The van der Waals surface area contributed by atoms with E-state index >= 15 is 0 Å². The Bertz CT molecular complexity index is 457.